The smallest absolute Gasteiger partial charge is 0.255 e. The molecule has 3 fully saturated rings. The van der Waals surface area contributed by atoms with Gasteiger partial charge in [-0.1, -0.05) is 6.42 Å². The average molecular weight is 310 g/mol. The zero-order valence-corrected chi connectivity index (χ0v) is 13.7. The van der Waals surface area contributed by atoms with Crippen LogP contribution in [0.1, 0.15) is 53.8 Å². The van der Waals surface area contributed by atoms with Gasteiger partial charge in [-0.15, -0.1) is 0 Å². The number of aryl methyl sites for hydroxylation is 2. The number of H-pyrrole nitrogens is 1. The van der Waals surface area contributed by atoms with E-state index in [9.17, 15) is 4.79 Å². The molecule has 1 aliphatic heterocycles. The molecule has 1 N–H and O–H groups in total. The maximum atomic E-state index is 13.3. The van der Waals surface area contributed by atoms with Gasteiger partial charge in [0.05, 0.1) is 10.9 Å². The second-order valence-electron chi connectivity index (χ2n) is 7.79. The third-order valence-corrected chi connectivity index (χ3v) is 6.19. The molecule has 23 heavy (non-hydrogen) atoms. The molecule has 2 aliphatic carbocycles. The van der Waals surface area contributed by atoms with Gasteiger partial charge in [-0.05, 0) is 51.5 Å². The molecule has 1 amide bonds. The maximum Gasteiger partial charge on any atom is 0.255 e. The highest BCUT2D eigenvalue weighted by atomic mass is 16.2. The lowest BCUT2D eigenvalue weighted by Gasteiger charge is -2.63. The molecular weight excluding hydrogens is 288 g/mol. The molecule has 3 aliphatic rings. The second kappa shape index (κ2) is 4.34. The largest absolute Gasteiger partial charge is 0.334 e. The molecule has 5 rings (SSSR count). The summed E-state index contributed by atoms with van der Waals surface area (Å²) in [5.74, 6) is 0.927. The van der Waals surface area contributed by atoms with Crippen molar-refractivity contribution in [3.8, 4) is 0 Å². The number of fused-ring (bicyclic) bond motifs is 1. The lowest BCUT2D eigenvalue weighted by molar-refractivity contribution is -0.111. The molecule has 1 saturated heterocycles. The average Bonchev–Trinajstić information content (AvgIpc) is 3.19. The van der Waals surface area contributed by atoms with Crippen LogP contribution in [0.3, 0.4) is 0 Å². The minimum Gasteiger partial charge on any atom is -0.334 e. The number of aromatic amines is 1. The summed E-state index contributed by atoms with van der Waals surface area (Å²) < 4.78 is 0. The quantitative estimate of drug-likeness (QED) is 0.927. The Morgan fingerprint density at radius 2 is 2.13 bits per heavy atom. The Balaban J connectivity index is 1.55. The Morgan fingerprint density at radius 3 is 2.78 bits per heavy atom. The summed E-state index contributed by atoms with van der Waals surface area (Å²) in [5.41, 5.74) is 3.68. The monoisotopic (exact) mass is 310 g/mol. The minimum absolute atomic E-state index is 0.180. The summed E-state index contributed by atoms with van der Waals surface area (Å²) in [6, 6.07) is 2.42. The van der Waals surface area contributed by atoms with E-state index in [1.165, 1.54) is 32.1 Å². The molecule has 5 nitrogen and oxygen atoms in total. The SMILES string of the molecule is Cc1cc(C(=O)N2CC3(CCC3)C2C2CC2)c2c(C)[nH]nc2n1. The van der Waals surface area contributed by atoms with Gasteiger partial charge in [-0.3, -0.25) is 9.89 Å². The van der Waals surface area contributed by atoms with Crippen LogP contribution in [0.5, 0.6) is 0 Å². The van der Waals surface area contributed by atoms with E-state index in [2.05, 4.69) is 20.1 Å². The number of hydrogen-bond acceptors (Lipinski definition) is 3. The van der Waals surface area contributed by atoms with Crippen molar-refractivity contribution in [2.24, 2.45) is 11.3 Å². The summed E-state index contributed by atoms with van der Waals surface area (Å²) in [5, 5.41) is 8.11. The summed E-state index contributed by atoms with van der Waals surface area (Å²) in [4.78, 5) is 19.9. The van der Waals surface area contributed by atoms with Crippen LogP contribution in [0.25, 0.3) is 11.0 Å². The third kappa shape index (κ3) is 1.76. The minimum atomic E-state index is 0.180. The summed E-state index contributed by atoms with van der Waals surface area (Å²) in [7, 11) is 0. The first-order valence-electron chi connectivity index (χ1n) is 8.72. The van der Waals surface area contributed by atoms with E-state index >= 15 is 0 Å². The first-order chi connectivity index (χ1) is 11.1. The molecule has 1 spiro atoms. The number of nitrogens with one attached hydrogen (secondary N) is 1. The molecule has 0 radical (unpaired) electrons. The van der Waals surface area contributed by atoms with Crippen LogP contribution in [0.4, 0.5) is 0 Å². The van der Waals surface area contributed by atoms with Crippen LogP contribution in [0, 0.1) is 25.2 Å². The lowest BCUT2D eigenvalue weighted by atomic mass is 9.56. The number of nitrogens with zero attached hydrogens (tertiary/aromatic N) is 3. The van der Waals surface area contributed by atoms with Gasteiger partial charge < -0.3 is 4.90 Å². The Bertz CT molecular complexity index is 816. The van der Waals surface area contributed by atoms with Crippen LogP contribution in [-0.2, 0) is 0 Å². The van der Waals surface area contributed by atoms with Gasteiger partial charge in [0.25, 0.3) is 5.91 Å². The van der Waals surface area contributed by atoms with Crippen LogP contribution in [0.2, 0.25) is 0 Å². The second-order valence-corrected chi connectivity index (χ2v) is 7.79. The highest BCUT2D eigenvalue weighted by Gasteiger charge is 2.61. The Morgan fingerprint density at radius 1 is 1.35 bits per heavy atom. The standard InChI is InChI=1S/C18H22N4O/c1-10-8-13(14-11(2)20-21-16(14)19-10)17(23)22-9-18(6-3-7-18)15(22)12-4-5-12/h8,12,15H,3-7,9H2,1-2H3,(H,19,20,21). The van der Waals surface area contributed by atoms with Gasteiger partial charge >= 0.3 is 0 Å². The molecule has 0 aromatic carbocycles. The summed E-state index contributed by atoms with van der Waals surface area (Å²) in [6.45, 7) is 4.85. The van der Waals surface area contributed by atoms with E-state index in [1.807, 2.05) is 19.9 Å². The molecule has 1 unspecified atom stereocenters. The molecule has 1 atom stereocenters. The van der Waals surface area contributed by atoms with Gasteiger partial charge in [-0.2, -0.15) is 5.10 Å². The predicted molar refractivity (Wildman–Crippen MR) is 87.2 cm³/mol. The fourth-order valence-electron chi connectivity index (χ4n) is 4.82. The van der Waals surface area contributed by atoms with Crippen molar-refractivity contribution in [2.75, 3.05) is 6.54 Å². The Labute approximate surface area is 135 Å². The van der Waals surface area contributed by atoms with E-state index < -0.39 is 0 Å². The van der Waals surface area contributed by atoms with Gasteiger partial charge in [-0.25, -0.2) is 4.98 Å². The van der Waals surface area contributed by atoms with E-state index in [-0.39, 0.29) is 5.91 Å². The summed E-state index contributed by atoms with van der Waals surface area (Å²) >= 11 is 0. The van der Waals surface area contributed by atoms with Crippen LogP contribution >= 0.6 is 0 Å². The van der Waals surface area contributed by atoms with E-state index in [0.717, 1.165) is 34.8 Å². The number of carbonyl (C=O) groups excluding carboxylic acids is 1. The van der Waals surface area contributed by atoms with Crippen LogP contribution in [0.15, 0.2) is 6.07 Å². The highest BCUT2D eigenvalue weighted by molar-refractivity contribution is 6.07. The zero-order chi connectivity index (χ0) is 15.8. The first kappa shape index (κ1) is 13.5. The van der Waals surface area contributed by atoms with Crippen molar-refractivity contribution >= 4 is 16.9 Å². The third-order valence-electron chi connectivity index (χ3n) is 6.19. The number of aromatic nitrogens is 3. The molecule has 0 bridgehead atoms. The predicted octanol–water partition coefficient (Wildman–Crippen LogP) is 2.98. The fourth-order valence-corrected chi connectivity index (χ4v) is 4.82. The van der Waals surface area contributed by atoms with Crippen LogP contribution < -0.4 is 0 Å². The van der Waals surface area contributed by atoms with Crippen molar-refractivity contribution in [1.82, 2.24) is 20.1 Å². The van der Waals surface area contributed by atoms with E-state index in [4.69, 9.17) is 0 Å². The van der Waals surface area contributed by atoms with Gasteiger partial charge in [0, 0.05) is 29.4 Å². The topological polar surface area (TPSA) is 61.9 Å². The molecule has 3 heterocycles. The number of carbonyl (C=O) groups is 1. The van der Waals surface area contributed by atoms with Gasteiger partial charge in [0.15, 0.2) is 5.65 Å². The van der Waals surface area contributed by atoms with Crippen molar-refractivity contribution in [1.29, 1.82) is 0 Å². The number of hydrogen-bond donors (Lipinski definition) is 1. The lowest BCUT2D eigenvalue weighted by Crippen LogP contribution is -2.69. The number of pyridine rings is 1. The fraction of sp³-hybridized carbons (Fsp3) is 0.611. The number of amides is 1. The molecule has 2 aromatic rings. The zero-order valence-electron chi connectivity index (χ0n) is 13.7. The van der Waals surface area contributed by atoms with E-state index in [0.29, 0.717) is 17.1 Å². The van der Waals surface area contributed by atoms with E-state index in [1.54, 1.807) is 0 Å². The Hall–Kier alpha value is -1.91. The number of rotatable bonds is 2. The molecular formula is C18H22N4O. The molecule has 2 aromatic heterocycles. The van der Waals surface area contributed by atoms with Gasteiger partial charge in [0.2, 0.25) is 0 Å². The van der Waals surface area contributed by atoms with Crippen LogP contribution in [-0.4, -0.2) is 38.6 Å². The van der Waals surface area contributed by atoms with Crippen molar-refractivity contribution in [3.05, 3.63) is 23.0 Å². The molecule has 2 saturated carbocycles. The summed E-state index contributed by atoms with van der Waals surface area (Å²) in [6.07, 6.45) is 6.56. The normalized spacial score (nSPS) is 25.5. The highest BCUT2D eigenvalue weighted by Crippen LogP contribution is 2.60. The molecule has 120 valence electrons. The molecule has 5 heteroatoms. The maximum absolute atomic E-state index is 13.3. The van der Waals surface area contributed by atoms with Gasteiger partial charge in [0.1, 0.15) is 0 Å². The van der Waals surface area contributed by atoms with Crippen molar-refractivity contribution in [3.63, 3.8) is 0 Å². The van der Waals surface area contributed by atoms with Crippen molar-refractivity contribution < 1.29 is 4.79 Å². The number of likely N-dealkylation sites (tertiary alicyclic amines) is 1. The Kier molecular flexibility index (Phi) is 2.55. The first-order valence-corrected chi connectivity index (χ1v) is 8.72. The van der Waals surface area contributed by atoms with Crippen molar-refractivity contribution in [2.45, 2.75) is 52.0 Å².